The highest BCUT2D eigenvalue weighted by Crippen LogP contribution is 2.14. The topological polar surface area (TPSA) is 70.5 Å². The average molecular weight is 259 g/mol. The van der Waals surface area contributed by atoms with E-state index in [1.807, 2.05) is 30.5 Å². The first-order valence-corrected chi connectivity index (χ1v) is 6.19. The van der Waals surface area contributed by atoms with Crippen LogP contribution in [0.1, 0.15) is 24.6 Å². The highest BCUT2D eigenvalue weighted by molar-refractivity contribution is 5.98. The quantitative estimate of drug-likeness (QED) is 0.362. The zero-order valence-corrected chi connectivity index (χ0v) is 10.8. The first kappa shape index (κ1) is 13.1. The number of imidazole rings is 1. The Morgan fingerprint density at radius 1 is 1.47 bits per heavy atom. The summed E-state index contributed by atoms with van der Waals surface area (Å²) in [6, 6.07) is 7.52. The van der Waals surface area contributed by atoms with Gasteiger partial charge in [-0.25, -0.2) is 4.98 Å². The fraction of sp³-hybridized carbons (Fsp3) is 0.286. The molecule has 0 radical (unpaired) electrons. The Kier molecular flexibility index (Phi) is 4.55. The van der Waals surface area contributed by atoms with Gasteiger partial charge in [0.15, 0.2) is 0 Å². The Hall–Kier alpha value is -2.30. The molecule has 1 aromatic heterocycles. The number of hydrogen-bond donors (Lipinski definition) is 2. The van der Waals surface area contributed by atoms with Crippen LogP contribution in [0.3, 0.4) is 0 Å². The number of benzene rings is 1. The van der Waals surface area contributed by atoms with E-state index < -0.39 is 0 Å². The van der Waals surface area contributed by atoms with Gasteiger partial charge in [0, 0.05) is 17.5 Å². The number of H-pyrrole nitrogens is 1. The molecule has 0 spiro atoms. The van der Waals surface area contributed by atoms with E-state index in [4.69, 9.17) is 9.94 Å². The van der Waals surface area contributed by atoms with Gasteiger partial charge in [0.05, 0.1) is 18.6 Å². The van der Waals surface area contributed by atoms with Gasteiger partial charge in [0.2, 0.25) is 0 Å². The van der Waals surface area contributed by atoms with Crippen LogP contribution in [0.15, 0.2) is 41.9 Å². The number of rotatable bonds is 6. The van der Waals surface area contributed by atoms with E-state index in [2.05, 4.69) is 15.1 Å². The molecule has 1 heterocycles. The third kappa shape index (κ3) is 3.84. The van der Waals surface area contributed by atoms with E-state index in [-0.39, 0.29) is 0 Å². The molecule has 2 N–H and O–H groups in total. The lowest BCUT2D eigenvalue weighted by molar-refractivity contribution is 0.310. The van der Waals surface area contributed by atoms with Crippen molar-refractivity contribution in [3.63, 3.8) is 0 Å². The van der Waals surface area contributed by atoms with Crippen LogP contribution >= 0.6 is 0 Å². The molecule has 0 atom stereocenters. The Balaban J connectivity index is 1.82. The van der Waals surface area contributed by atoms with Gasteiger partial charge in [-0.05, 0) is 31.9 Å². The molecule has 2 aromatic rings. The van der Waals surface area contributed by atoms with E-state index >= 15 is 0 Å². The summed E-state index contributed by atoms with van der Waals surface area (Å²) in [6.45, 7) is 2.38. The number of aryl methyl sites for hydroxylation is 1. The maximum absolute atomic E-state index is 8.74. The smallest absolute Gasteiger partial charge is 0.119 e. The minimum atomic E-state index is 0.572. The first-order valence-electron chi connectivity index (χ1n) is 6.19. The molecule has 0 aliphatic rings. The van der Waals surface area contributed by atoms with Gasteiger partial charge >= 0.3 is 0 Å². The number of oxime groups is 1. The molecule has 0 aliphatic heterocycles. The fourth-order valence-corrected chi connectivity index (χ4v) is 1.74. The highest BCUT2D eigenvalue weighted by Gasteiger charge is 2.01. The number of hydrogen-bond acceptors (Lipinski definition) is 4. The lowest BCUT2D eigenvalue weighted by Gasteiger charge is -2.07. The van der Waals surface area contributed by atoms with Gasteiger partial charge < -0.3 is 14.9 Å². The summed E-state index contributed by atoms with van der Waals surface area (Å²) in [7, 11) is 0. The van der Waals surface area contributed by atoms with Crippen LogP contribution in [0.5, 0.6) is 5.75 Å². The molecule has 0 saturated carbocycles. The molecule has 0 aliphatic carbocycles. The molecular formula is C14H17N3O2. The van der Waals surface area contributed by atoms with E-state index in [1.54, 1.807) is 13.3 Å². The predicted octanol–water partition coefficient (Wildman–Crippen LogP) is 2.62. The molecule has 1 aromatic carbocycles. The van der Waals surface area contributed by atoms with Gasteiger partial charge in [0.25, 0.3) is 0 Å². The maximum Gasteiger partial charge on any atom is 0.119 e. The van der Waals surface area contributed by atoms with Gasteiger partial charge in [-0.15, -0.1) is 0 Å². The Bertz CT molecular complexity index is 535. The van der Waals surface area contributed by atoms with Crippen molar-refractivity contribution in [2.75, 3.05) is 6.61 Å². The monoisotopic (exact) mass is 259 g/mol. The van der Waals surface area contributed by atoms with Gasteiger partial charge in [-0.1, -0.05) is 17.3 Å². The normalized spacial score (nSPS) is 11.5. The number of nitrogens with one attached hydrogen (secondary N) is 1. The molecule has 0 fully saturated rings. The van der Waals surface area contributed by atoms with Crippen LogP contribution in [0.2, 0.25) is 0 Å². The van der Waals surface area contributed by atoms with Crippen molar-refractivity contribution in [3.05, 3.63) is 48.0 Å². The zero-order valence-electron chi connectivity index (χ0n) is 10.8. The molecule has 0 saturated heterocycles. The number of nitrogens with zero attached hydrogens (tertiary/aromatic N) is 2. The van der Waals surface area contributed by atoms with Crippen LogP contribution in [0.25, 0.3) is 0 Å². The summed E-state index contributed by atoms with van der Waals surface area (Å²) in [6.07, 6.45) is 5.33. The van der Waals surface area contributed by atoms with Crippen molar-refractivity contribution in [3.8, 4) is 5.75 Å². The molecule has 0 amide bonds. The minimum absolute atomic E-state index is 0.572. The molecular weight excluding hydrogens is 242 g/mol. The highest BCUT2D eigenvalue weighted by atomic mass is 16.5. The largest absolute Gasteiger partial charge is 0.494 e. The Labute approximate surface area is 111 Å². The third-order valence-electron chi connectivity index (χ3n) is 2.82. The van der Waals surface area contributed by atoms with E-state index in [9.17, 15) is 0 Å². The van der Waals surface area contributed by atoms with E-state index in [0.29, 0.717) is 12.3 Å². The van der Waals surface area contributed by atoms with Gasteiger partial charge in [-0.3, -0.25) is 0 Å². The molecule has 2 rings (SSSR count). The number of ether oxygens (including phenoxy) is 1. The van der Waals surface area contributed by atoms with Crippen molar-refractivity contribution in [2.45, 2.75) is 19.8 Å². The first-order chi connectivity index (χ1) is 9.29. The Morgan fingerprint density at radius 2 is 2.37 bits per heavy atom. The van der Waals surface area contributed by atoms with Gasteiger partial charge in [0.1, 0.15) is 5.75 Å². The van der Waals surface area contributed by atoms with E-state index in [1.165, 1.54) is 0 Å². The predicted molar refractivity (Wildman–Crippen MR) is 72.8 cm³/mol. The Morgan fingerprint density at radius 3 is 3.11 bits per heavy atom. The standard InChI is InChI=1S/C14H17N3O2/c1-11(17-18)12-4-2-6-14(8-12)19-7-3-5-13-9-15-10-16-13/h2,4,6,8-10,18H,3,5,7H2,1H3,(H,15,16). The molecule has 100 valence electrons. The van der Waals surface area contributed by atoms with Crippen LogP contribution < -0.4 is 4.74 Å². The van der Waals surface area contributed by atoms with Crippen molar-refractivity contribution < 1.29 is 9.94 Å². The fourth-order valence-electron chi connectivity index (χ4n) is 1.74. The summed E-state index contributed by atoms with van der Waals surface area (Å²) in [4.78, 5) is 7.02. The third-order valence-corrected chi connectivity index (χ3v) is 2.82. The molecule has 19 heavy (non-hydrogen) atoms. The van der Waals surface area contributed by atoms with Crippen molar-refractivity contribution in [1.82, 2.24) is 9.97 Å². The summed E-state index contributed by atoms with van der Waals surface area (Å²) in [5.74, 6) is 0.783. The summed E-state index contributed by atoms with van der Waals surface area (Å²) < 4.78 is 5.67. The number of aromatic amines is 1. The molecule has 5 nitrogen and oxygen atoms in total. The van der Waals surface area contributed by atoms with E-state index in [0.717, 1.165) is 29.8 Å². The summed E-state index contributed by atoms with van der Waals surface area (Å²) in [5, 5.41) is 11.9. The van der Waals surface area contributed by atoms with Crippen molar-refractivity contribution >= 4 is 5.71 Å². The van der Waals surface area contributed by atoms with Crippen molar-refractivity contribution in [2.24, 2.45) is 5.16 Å². The van der Waals surface area contributed by atoms with Crippen LogP contribution in [0, 0.1) is 0 Å². The second kappa shape index (κ2) is 6.58. The van der Waals surface area contributed by atoms with Crippen LogP contribution in [-0.2, 0) is 6.42 Å². The lowest BCUT2D eigenvalue weighted by Crippen LogP contribution is -2.01. The molecule has 0 unspecified atom stereocenters. The SMILES string of the molecule is CC(=NO)c1cccc(OCCCc2cnc[nH]2)c1. The maximum atomic E-state index is 8.74. The van der Waals surface area contributed by atoms with Crippen molar-refractivity contribution in [1.29, 1.82) is 0 Å². The summed E-state index contributed by atoms with van der Waals surface area (Å²) >= 11 is 0. The second-order valence-electron chi connectivity index (χ2n) is 4.24. The van der Waals surface area contributed by atoms with Gasteiger partial charge in [-0.2, -0.15) is 0 Å². The zero-order chi connectivity index (χ0) is 13.5. The molecule has 0 bridgehead atoms. The lowest BCUT2D eigenvalue weighted by atomic mass is 10.1. The van der Waals surface area contributed by atoms with Crippen LogP contribution in [-0.4, -0.2) is 27.5 Å². The van der Waals surface area contributed by atoms with Crippen LogP contribution in [0.4, 0.5) is 0 Å². The number of aromatic nitrogens is 2. The second-order valence-corrected chi connectivity index (χ2v) is 4.24. The average Bonchev–Trinajstić information content (AvgIpc) is 2.96. The summed E-state index contributed by atoms with van der Waals surface area (Å²) in [5.41, 5.74) is 2.54. The minimum Gasteiger partial charge on any atom is -0.494 e. The molecule has 5 heteroatoms.